The van der Waals surface area contributed by atoms with E-state index in [9.17, 15) is 103 Å². The van der Waals surface area contributed by atoms with Crippen LogP contribution in [0.5, 0.6) is 0 Å². The van der Waals surface area contributed by atoms with E-state index in [2.05, 4.69) is 13.6 Å². The third kappa shape index (κ3) is 30.8. The molecule has 0 spiro atoms. The molecule has 121 heavy (non-hydrogen) atoms. The summed E-state index contributed by atoms with van der Waals surface area (Å²) in [5.41, 5.74) is 12.3. The number of phosphoric acid groups is 3. The van der Waals surface area contributed by atoms with Crippen LogP contribution in [0.15, 0.2) is 123 Å². The lowest BCUT2D eigenvalue weighted by Crippen LogP contribution is -2.46. The number of ether oxygens (including phenoxy) is 5. The quantitative estimate of drug-likeness (QED) is 0.0148. The number of hydrogen-bond donors (Lipinski definition) is 12. The van der Waals surface area contributed by atoms with Crippen LogP contribution in [0, 0.1) is 0 Å². The van der Waals surface area contributed by atoms with Gasteiger partial charge in [0.25, 0.3) is 50.8 Å². The molecule has 5 aromatic rings. The predicted octanol–water partition coefficient (Wildman–Crippen LogP) is 0.185. The fourth-order valence-electron chi connectivity index (χ4n) is 11.8. The third-order valence-corrected chi connectivity index (χ3v) is 23.6. The largest absolute Gasteiger partial charge is 0.756 e. The van der Waals surface area contributed by atoms with Crippen LogP contribution in [0.4, 0.5) is 0 Å². The molecule has 676 valence electrons. The number of primary amides is 2. The smallest absolute Gasteiger partial charge is 0.475 e. The van der Waals surface area contributed by atoms with Gasteiger partial charge in [-0.05, 0) is 85.2 Å². The average molecular weight is 1820 g/mol. The molecule has 10 rings (SSSR count). The molecule has 0 radical (unpaired) electrons. The number of pyridine rings is 5. The van der Waals surface area contributed by atoms with E-state index < -0.39 is 192 Å². The Morgan fingerprint density at radius 3 is 0.843 bits per heavy atom. The molecule has 9 unspecified atom stereocenters. The lowest BCUT2D eigenvalue weighted by molar-refractivity contribution is -0.766. The van der Waals surface area contributed by atoms with Gasteiger partial charge in [0.15, 0.2) is 125 Å². The predicted molar refractivity (Wildman–Crippen MR) is 414 cm³/mol. The first-order chi connectivity index (χ1) is 56.5. The number of carbonyl (C=O) groups excluding carboxylic acids is 5. The van der Waals surface area contributed by atoms with Crippen LogP contribution in [-0.4, -0.2) is 265 Å². The third-order valence-electron chi connectivity index (χ3n) is 17.9. The normalized spacial score (nSPS) is 27.7. The molecule has 14 N–H and O–H groups in total. The maximum atomic E-state index is 12.7. The number of nitrogens with two attached hydrogens (primary N) is 2. The van der Waals surface area contributed by atoms with Gasteiger partial charge in [-0.2, -0.15) is 22.8 Å². The van der Waals surface area contributed by atoms with E-state index in [4.69, 9.17) is 66.8 Å². The van der Waals surface area contributed by atoms with Gasteiger partial charge in [0.1, 0.15) is 72.2 Å². The van der Waals surface area contributed by atoms with Gasteiger partial charge >= 0.3 is 15.6 Å². The van der Waals surface area contributed by atoms with Gasteiger partial charge in [-0.15, -0.1) is 0 Å². The van der Waals surface area contributed by atoms with Crippen molar-refractivity contribution in [3.05, 3.63) is 150 Å². The van der Waals surface area contributed by atoms with Crippen molar-refractivity contribution in [2.24, 2.45) is 11.5 Å². The highest BCUT2D eigenvalue weighted by Gasteiger charge is 2.54. The van der Waals surface area contributed by atoms with Gasteiger partial charge in [0.05, 0.1) is 68.5 Å². The summed E-state index contributed by atoms with van der Waals surface area (Å²) in [4.78, 5) is 68.4. The molecule has 0 aliphatic carbocycles. The Morgan fingerprint density at radius 2 is 0.620 bits per heavy atom. The van der Waals surface area contributed by atoms with Crippen LogP contribution in [0.25, 0.3) is 0 Å². The number of amides is 2. The van der Waals surface area contributed by atoms with Crippen molar-refractivity contribution in [2.45, 2.75) is 197 Å². The molecule has 43 nitrogen and oxygen atoms in total. The van der Waals surface area contributed by atoms with E-state index >= 15 is 0 Å². The van der Waals surface area contributed by atoms with Gasteiger partial charge in [-0.25, -0.2) is 9.13 Å². The number of ketones is 3. The fourth-order valence-corrected chi connectivity index (χ4v) is 15.8. The minimum absolute atomic E-state index is 0.00616. The Morgan fingerprint density at radius 1 is 0.388 bits per heavy atom. The Balaban J connectivity index is 0.000000235. The number of phosphoric ester groups is 3. The molecule has 5 aromatic heterocycles. The molecular weight excluding hydrogens is 1710 g/mol. The highest BCUT2D eigenvalue weighted by Crippen LogP contribution is 2.53. The van der Waals surface area contributed by atoms with Crippen molar-refractivity contribution < 1.29 is 195 Å². The standard InChI is InChI=1S/C17H27N2O8P.C15H22NO8P.2C14H21NO6P.C13H19N2O8P/c1-10(2)26-28(23,27-11(3)4)24-9-13-14(20)15(21)17(25-13)19-7-5-6-12(8-19)16(18)22;1-3-7-22-25(20,21)23-9-12-13(18)14(19)15(24-12)16-6-4-5-11(8-16)10(2)17;2*1-9(16)10-5-4-6-15(7-10)14-13(18)12(17)11(21-14)8-20-22(2,3)19;1-20-24(19,21-2)22-7-9-10(16)11(17)13(23-9)15-5-3-4-8(6-15)12(14)18/h5-8,10-11,13-15,17,20-21H,9H2,1-4H3,(H-,18,22);4-6,8,12-15,18-19H,3,7,9H2,1-2H3;2*4-7,11-14,17-18H,8H2,1-3H3;3-6,9-11,13,16-17H,7H2,1-2H3,(H-,14,18)/q;;2*+1;/p+2/t13-,14-,15-,17-;12-,13-,14-,15-;;;9-,10-,11-,13-/m11..1/s1. The summed E-state index contributed by atoms with van der Waals surface area (Å²) in [5, 5.41) is 101. The van der Waals surface area contributed by atoms with Gasteiger partial charge in [0.2, 0.25) is 0 Å². The molecule has 0 saturated carbocycles. The van der Waals surface area contributed by atoms with E-state index in [1.54, 1.807) is 127 Å². The second kappa shape index (κ2) is 46.3. The highest BCUT2D eigenvalue weighted by atomic mass is 31.2. The van der Waals surface area contributed by atoms with Crippen molar-refractivity contribution in [1.29, 1.82) is 0 Å². The molecule has 10 heterocycles. The van der Waals surface area contributed by atoms with Crippen molar-refractivity contribution in [3.8, 4) is 0 Å². The molecule has 5 saturated heterocycles. The number of hydrogen-bond acceptors (Lipinski definition) is 36. The minimum atomic E-state index is -4.49. The van der Waals surface area contributed by atoms with Crippen LogP contribution >= 0.6 is 38.2 Å². The van der Waals surface area contributed by atoms with E-state index in [0.717, 1.165) is 14.2 Å². The molecule has 5 aliphatic rings. The molecule has 0 aromatic carbocycles. The van der Waals surface area contributed by atoms with E-state index in [-0.39, 0.29) is 61.5 Å². The lowest BCUT2D eigenvalue weighted by atomic mass is 10.1. The molecule has 21 atom stereocenters. The molecule has 2 amide bonds. The van der Waals surface area contributed by atoms with Crippen LogP contribution in [0.2, 0.25) is 0 Å². The summed E-state index contributed by atoms with van der Waals surface area (Å²) < 4.78 is 144. The Labute approximate surface area is 698 Å². The van der Waals surface area contributed by atoms with E-state index in [1.807, 2.05) is 0 Å². The Bertz CT molecular complexity index is 4380. The van der Waals surface area contributed by atoms with E-state index in [0.29, 0.717) is 23.1 Å². The van der Waals surface area contributed by atoms with Crippen molar-refractivity contribution in [3.63, 3.8) is 0 Å². The second-order valence-electron chi connectivity index (χ2n) is 29.2. The molecular formula is C73H112N7O36P5+4. The summed E-state index contributed by atoms with van der Waals surface area (Å²) in [7, 11) is -15.2. The highest BCUT2D eigenvalue weighted by molar-refractivity contribution is 7.57. The van der Waals surface area contributed by atoms with Crippen molar-refractivity contribution in [2.75, 3.05) is 80.5 Å². The van der Waals surface area contributed by atoms with Gasteiger partial charge < -0.3 is 109 Å². The maximum Gasteiger partial charge on any atom is 0.475 e. The van der Waals surface area contributed by atoms with E-state index in [1.165, 1.54) is 101 Å². The zero-order valence-electron chi connectivity index (χ0n) is 68.9. The molecule has 5 fully saturated rings. The second-order valence-corrected chi connectivity index (χ2v) is 39.6. The summed E-state index contributed by atoms with van der Waals surface area (Å²) in [6, 6.07) is 16.0. The number of aliphatic hydroxyl groups is 10. The number of carbonyl (C=O) groups is 5. The van der Waals surface area contributed by atoms with Crippen molar-refractivity contribution >= 4 is 67.4 Å². The van der Waals surface area contributed by atoms with Gasteiger partial charge in [-0.1, -0.05) is 6.92 Å². The first-order valence-electron chi connectivity index (χ1n) is 37.7. The summed E-state index contributed by atoms with van der Waals surface area (Å²) in [6.07, 6.45) is -6.79. The number of nitrogens with zero attached hydrogens (tertiary/aromatic N) is 5. The maximum absolute atomic E-state index is 12.7. The van der Waals surface area contributed by atoms with Gasteiger partial charge in [0, 0.05) is 71.2 Å². The average Bonchev–Trinajstić information content (AvgIpc) is 1.68. The summed E-state index contributed by atoms with van der Waals surface area (Å²) in [6.45, 7) is 17.3. The van der Waals surface area contributed by atoms with Crippen LogP contribution in [0.3, 0.4) is 0 Å². The zero-order chi connectivity index (χ0) is 90.6. The lowest BCUT2D eigenvalue weighted by Gasteiger charge is -2.24. The number of aromatic nitrogens is 5. The zero-order valence-corrected chi connectivity index (χ0v) is 73.4. The van der Waals surface area contributed by atoms with Crippen molar-refractivity contribution in [1.82, 2.24) is 0 Å². The Hall–Kier alpha value is -6.19. The first-order valence-corrected chi connectivity index (χ1v) is 47.1. The minimum Gasteiger partial charge on any atom is -0.756 e. The molecule has 48 heteroatoms. The first kappa shape index (κ1) is 104. The fraction of sp³-hybridized carbons (Fsp3) is 0.589. The molecule has 5 aliphatic heterocycles. The summed E-state index contributed by atoms with van der Waals surface area (Å²) >= 11 is 0. The Kier molecular flexibility index (Phi) is 39.7. The molecule has 0 bridgehead atoms. The monoisotopic (exact) mass is 1820 g/mol. The van der Waals surface area contributed by atoms with Crippen LogP contribution < -0.4 is 39.2 Å². The number of Topliss-reactive ketones (excluding diaryl/α,β-unsaturated/α-hetero) is 3. The topological polar surface area (TPSA) is 606 Å². The van der Waals surface area contributed by atoms with Gasteiger partial charge in [-0.3, -0.25) is 64.8 Å². The number of rotatable bonds is 34. The summed E-state index contributed by atoms with van der Waals surface area (Å²) in [5.74, 6) is -1.67. The number of aliphatic hydroxyl groups excluding tert-OH is 10. The van der Waals surface area contributed by atoms with Crippen LogP contribution in [0.1, 0.15) is 145 Å². The van der Waals surface area contributed by atoms with Crippen LogP contribution in [-0.2, 0) is 91.7 Å². The SMILES string of the molecule is CC(=O)c1ccc[n+](C2OC(COP(C)(C)=O)C(O)C2O)c1.CC(=O)c1ccc[n+](C2OC(COP(C)(C)=O)C(O)C2O)c1.CC(C)OP(=O)(OC[C@H]1O[C@@H]([n+]2cccc(C(N)=O)c2)[C@H](O)[C@@H]1O)OC(C)C.CCCOP(=O)([O-])OC[C@H]1O[C@@H]([n+]2cccc(C(C)=O)c2)[C@H](O)[C@@H]1O.COP(=O)(OC)OC[C@H]1O[C@@H]([n+]2cccc(C(N)=O)c2)[C@H](O)[C@@H]1O.